The molecule has 4 nitrogen and oxygen atoms in total. The summed E-state index contributed by atoms with van der Waals surface area (Å²) in [5.74, 6) is -1.80. The van der Waals surface area contributed by atoms with Crippen molar-refractivity contribution >= 4 is 5.91 Å². The molecule has 132 valence electrons. The number of hydrogen-bond acceptors (Lipinski definition) is 3. The number of aryl methyl sites for hydroxylation is 1. The first kappa shape index (κ1) is 17.5. The van der Waals surface area contributed by atoms with E-state index in [1.165, 1.54) is 12.1 Å². The maximum absolute atomic E-state index is 14.2. The molecule has 1 aromatic carbocycles. The number of nitrogens with zero attached hydrogens (tertiary/aromatic N) is 1. The van der Waals surface area contributed by atoms with E-state index >= 15 is 0 Å². The summed E-state index contributed by atoms with van der Waals surface area (Å²) in [6.45, 7) is 1.94. The Morgan fingerprint density at radius 1 is 1.32 bits per heavy atom. The van der Waals surface area contributed by atoms with Crippen molar-refractivity contribution in [1.29, 1.82) is 0 Å². The summed E-state index contributed by atoms with van der Waals surface area (Å²) >= 11 is 0. The Kier molecular flexibility index (Phi) is 5.08. The molecule has 0 saturated heterocycles. The van der Waals surface area contributed by atoms with Crippen molar-refractivity contribution in [3.05, 3.63) is 65.0 Å². The molecule has 25 heavy (non-hydrogen) atoms. The zero-order chi connectivity index (χ0) is 18.0. The van der Waals surface area contributed by atoms with Crippen molar-refractivity contribution in [3.63, 3.8) is 0 Å². The molecule has 0 spiro atoms. The quantitative estimate of drug-likeness (QED) is 0.874. The van der Waals surface area contributed by atoms with Crippen LogP contribution in [0, 0.1) is 17.6 Å². The lowest BCUT2D eigenvalue weighted by molar-refractivity contribution is 0.0229. The third-order valence-electron chi connectivity index (χ3n) is 4.65. The Morgan fingerprint density at radius 2 is 2.08 bits per heavy atom. The highest BCUT2D eigenvalue weighted by Gasteiger charge is 2.37. The minimum Gasteiger partial charge on any atom is -0.393 e. The number of benzene rings is 1. The lowest BCUT2D eigenvalue weighted by Crippen LogP contribution is -2.41. The van der Waals surface area contributed by atoms with Gasteiger partial charge in [-0.05, 0) is 43.4 Å². The van der Waals surface area contributed by atoms with Crippen molar-refractivity contribution in [3.8, 4) is 0 Å². The smallest absolute Gasteiger partial charge is 0.251 e. The molecule has 2 aromatic rings. The van der Waals surface area contributed by atoms with Gasteiger partial charge in [0.2, 0.25) is 0 Å². The summed E-state index contributed by atoms with van der Waals surface area (Å²) in [4.78, 5) is 16.8. The van der Waals surface area contributed by atoms with Gasteiger partial charge in [0.1, 0.15) is 11.6 Å². The van der Waals surface area contributed by atoms with Crippen molar-refractivity contribution in [2.75, 3.05) is 0 Å². The number of aliphatic hydroxyl groups is 1. The molecule has 1 amide bonds. The molecule has 2 N–H and O–H groups in total. The molecule has 1 aliphatic carbocycles. The second-order valence-corrected chi connectivity index (χ2v) is 6.39. The van der Waals surface area contributed by atoms with E-state index in [1.807, 2.05) is 6.92 Å². The summed E-state index contributed by atoms with van der Waals surface area (Å²) in [5.41, 5.74) is 1.46. The van der Waals surface area contributed by atoms with Gasteiger partial charge in [-0.25, -0.2) is 8.78 Å². The minimum absolute atomic E-state index is 0.0913. The van der Waals surface area contributed by atoms with Crippen LogP contribution in [0.5, 0.6) is 0 Å². The Labute approximate surface area is 144 Å². The van der Waals surface area contributed by atoms with Crippen LogP contribution in [0.15, 0.2) is 36.5 Å². The number of halogens is 2. The number of aromatic nitrogens is 1. The van der Waals surface area contributed by atoms with E-state index in [0.717, 1.165) is 11.8 Å². The van der Waals surface area contributed by atoms with Crippen LogP contribution >= 0.6 is 0 Å². The van der Waals surface area contributed by atoms with E-state index in [4.69, 9.17) is 0 Å². The Hall–Kier alpha value is -2.34. The number of rotatable bonds is 5. The monoisotopic (exact) mass is 346 g/mol. The molecule has 1 aliphatic rings. The van der Waals surface area contributed by atoms with Gasteiger partial charge in [-0.2, -0.15) is 0 Å². The summed E-state index contributed by atoms with van der Waals surface area (Å²) in [6, 6.07) is 6.02. The van der Waals surface area contributed by atoms with E-state index < -0.39 is 23.8 Å². The number of hydrogen-bond donors (Lipinski definition) is 2. The summed E-state index contributed by atoms with van der Waals surface area (Å²) in [7, 11) is 0. The molecule has 0 aliphatic heterocycles. The molecule has 0 unspecified atom stereocenters. The Morgan fingerprint density at radius 3 is 2.72 bits per heavy atom. The lowest BCUT2D eigenvalue weighted by atomic mass is 9.75. The second-order valence-electron chi connectivity index (χ2n) is 6.39. The Bertz CT molecular complexity index is 776. The minimum atomic E-state index is -0.698. The standard InChI is InChI=1S/C19H20F2N2O2/c1-2-14-7-11(5-6-22-14)19(25)23-18(12-8-15(24)9-12)16-4-3-13(20)10-17(16)21/h3-7,10,12,15,18,24H,2,8-9H2,1H3,(H,23,25)/t12?,15?,18-/m0/s1. The van der Waals surface area contributed by atoms with E-state index in [2.05, 4.69) is 10.3 Å². The van der Waals surface area contributed by atoms with Crippen LogP contribution in [-0.2, 0) is 6.42 Å². The maximum atomic E-state index is 14.2. The van der Waals surface area contributed by atoms with Crippen LogP contribution < -0.4 is 5.32 Å². The van der Waals surface area contributed by atoms with Crippen molar-refractivity contribution in [1.82, 2.24) is 10.3 Å². The van der Waals surface area contributed by atoms with Gasteiger partial charge in [-0.1, -0.05) is 13.0 Å². The molecule has 6 heteroatoms. The van der Waals surface area contributed by atoms with Gasteiger partial charge >= 0.3 is 0 Å². The predicted octanol–water partition coefficient (Wildman–Crippen LogP) is 3.16. The fourth-order valence-electron chi connectivity index (χ4n) is 3.14. The van der Waals surface area contributed by atoms with Crippen LogP contribution in [0.4, 0.5) is 8.78 Å². The molecule has 1 aromatic heterocycles. The van der Waals surface area contributed by atoms with Gasteiger partial charge in [-0.15, -0.1) is 0 Å². The highest BCUT2D eigenvalue weighted by atomic mass is 19.1. The molecule has 3 rings (SSSR count). The number of pyridine rings is 1. The van der Waals surface area contributed by atoms with Gasteiger partial charge in [0.25, 0.3) is 5.91 Å². The van der Waals surface area contributed by atoms with Crippen LogP contribution in [0.25, 0.3) is 0 Å². The normalized spacial score (nSPS) is 20.6. The molecule has 1 atom stereocenters. The number of carbonyl (C=O) groups excluding carboxylic acids is 1. The van der Waals surface area contributed by atoms with E-state index in [0.29, 0.717) is 24.8 Å². The average Bonchev–Trinajstić information content (AvgIpc) is 2.57. The zero-order valence-electron chi connectivity index (χ0n) is 13.9. The molecular formula is C19H20F2N2O2. The third kappa shape index (κ3) is 3.85. The fraction of sp³-hybridized carbons (Fsp3) is 0.368. The van der Waals surface area contributed by atoms with Crippen LogP contribution in [0.2, 0.25) is 0 Å². The Balaban J connectivity index is 1.86. The first-order valence-electron chi connectivity index (χ1n) is 8.36. The van der Waals surface area contributed by atoms with E-state index in [-0.39, 0.29) is 17.4 Å². The molecule has 0 bridgehead atoms. The maximum Gasteiger partial charge on any atom is 0.251 e. The van der Waals surface area contributed by atoms with Gasteiger partial charge in [-0.3, -0.25) is 9.78 Å². The second kappa shape index (κ2) is 7.27. The van der Waals surface area contributed by atoms with Gasteiger partial charge in [0.15, 0.2) is 0 Å². The molecule has 1 fully saturated rings. The molecule has 0 radical (unpaired) electrons. The predicted molar refractivity (Wildman–Crippen MR) is 88.9 cm³/mol. The topological polar surface area (TPSA) is 62.2 Å². The molecular weight excluding hydrogens is 326 g/mol. The highest BCUT2D eigenvalue weighted by molar-refractivity contribution is 5.94. The first-order valence-corrected chi connectivity index (χ1v) is 8.36. The van der Waals surface area contributed by atoms with Gasteiger partial charge in [0.05, 0.1) is 12.1 Å². The van der Waals surface area contributed by atoms with Crippen molar-refractivity contribution in [2.24, 2.45) is 5.92 Å². The largest absolute Gasteiger partial charge is 0.393 e. The highest BCUT2D eigenvalue weighted by Crippen LogP contribution is 2.39. The fourth-order valence-corrected chi connectivity index (χ4v) is 3.14. The van der Waals surface area contributed by atoms with Crippen molar-refractivity contribution in [2.45, 2.75) is 38.3 Å². The van der Waals surface area contributed by atoms with Gasteiger partial charge in [0, 0.05) is 29.1 Å². The van der Waals surface area contributed by atoms with Gasteiger partial charge < -0.3 is 10.4 Å². The SMILES string of the molecule is CCc1cc(C(=O)N[C@H](c2ccc(F)cc2F)C2CC(O)C2)ccn1. The van der Waals surface area contributed by atoms with E-state index in [1.54, 1.807) is 18.3 Å². The summed E-state index contributed by atoms with van der Waals surface area (Å²) in [5, 5.41) is 12.4. The zero-order valence-corrected chi connectivity index (χ0v) is 13.9. The van der Waals surface area contributed by atoms with Crippen LogP contribution in [0.1, 0.15) is 47.4 Å². The van der Waals surface area contributed by atoms with Crippen LogP contribution in [-0.4, -0.2) is 22.1 Å². The third-order valence-corrected chi connectivity index (χ3v) is 4.65. The number of aliphatic hydroxyl groups excluding tert-OH is 1. The van der Waals surface area contributed by atoms with E-state index in [9.17, 15) is 18.7 Å². The number of nitrogens with one attached hydrogen (secondary N) is 1. The number of carbonyl (C=O) groups is 1. The summed E-state index contributed by atoms with van der Waals surface area (Å²) < 4.78 is 27.4. The molecule has 1 heterocycles. The summed E-state index contributed by atoms with van der Waals surface area (Å²) in [6.07, 6.45) is 2.76. The average molecular weight is 346 g/mol. The lowest BCUT2D eigenvalue weighted by Gasteiger charge is -2.38. The molecule has 1 saturated carbocycles. The van der Waals surface area contributed by atoms with Crippen molar-refractivity contribution < 1.29 is 18.7 Å². The number of amides is 1. The first-order chi connectivity index (χ1) is 12.0. The van der Waals surface area contributed by atoms with Crippen LogP contribution in [0.3, 0.4) is 0 Å².